The third-order valence-electron chi connectivity index (χ3n) is 4.22. The molecule has 2 aromatic carbocycles. The molecular weight excluding hydrogens is 403 g/mol. The maximum atomic E-state index is 13.5. The monoisotopic (exact) mass is 418 g/mol. The second-order valence-electron chi connectivity index (χ2n) is 6.06. The number of nitrogens with zero attached hydrogens (tertiary/aromatic N) is 1. The van der Waals surface area contributed by atoms with Crippen molar-refractivity contribution in [2.45, 2.75) is 19.9 Å². The molecule has 0 fully saturated rings. The van der Waals surface area contributed by atoms with Crippen molar-refractivity contribution in [3.8, 4) is 0 Å². The molecule has 0 unspecified atom stereocenters. The van der Waals surface area contributed by atoms with Crippen LogP contribution in [0.15, 0.2) is 40.9 Å². The molecule has 1 aliphatic heterocycles. The number of imide groups is 1. The van der Waals surface area contributed by atoms with E-state index >= 15 is 0 Å². The molecule has 0 saturated heterocycles. The number of hydrogen-bond acceptors (Lipinski definition) is 3. The number of aryl methyl sites for hydroxylation is 1. The molecule has 7 heteroatoms. The van der Waals surface area contributed by atoms with Crippen molar-refractivity contribution >= 4 is 33.7 Å². The normalized spacial score (nSPS) is 13.1. The highest BCUT2D eigenvalue weighted by atomic mass is 79.9. The van der Waals surface area contributed by atoms with E-state index in [1.54, 1.807) is 37.3 Å². The van der Waals surface area contributed by atoms with Gasteiger partial charge in [0.25, 0.3) is 11.8 Å². The quantitative estimate of drug-likeness (QED) is 0.758. The van der Waals surface area contributed by atoms with Gasteiger partial charge < -0.3 is 5.32 Å². The zero-order valence-electron chi connectivity index (χ0n) is 14.0. The van der Waals surface area contributed by atoms with E-state index in [1.165, 1.54) is 6.07 Å². The summed E-state index contributed by atoms with van der Waals surface area (Å²) >= 11 is 3.27. The first-order valence-corrected chi connectivity index (χ1v) is 8.83. The van der Waals surface area contributed by atoms with Gasteiger partial charge in [-0.15, -0.1) is 0 Å². The van der Waals surface area contributed by atoms with E-state index in [2.05, 4.69) is 21.2 Å². The van der Waals surface area contributed by atoms with Crippen molar-refractivity contribution in [1.82, 2.24) is 10.2 Å². The summed E-state index contributed by atoms with van der Waals surface area (Å²) in [5.74, 6) is -1.44. The lowest BCUT2D eigenvalue weighted by molar-refractivity contribution is -0.121. The first-order valence-electron chi connectivity index (χ1n) is 8.04. The summed E-state index contributed by atoms with van der Waals surface area (Å²) in [7, 11) is 0. The molecule has 134 valence electrons. The van der Waals surface area contributed by atoms with Crippen molar-refractivity contribution in [1.29, 1.82) is 0 Å². The van der Waals surface area contributed by atoms with Gasteiger partial charge >= 0.3 is 0 Å². The summed E-state index contributed by atoms with van der Waals surface area (Å²) in [6, 6.07) is 9.64. The van der Waals surface area contributed by atoms with Gasteiger partial charge in [0, 0.05) is 24.0 Å². The Morgan fingerprint density at radius 3 is 2.58 bits per heavy atom. The Kier molecular flexibility index (Phi) is 5.18. The number of carbonyl (C=O) groups excluding carboxylic acids is 3. The van der Waals surface area contributed by atoms with Crippen LogP contribution < -0.4 is 5.32 Å². The van der Waals surface area contributed by atoms with Gasteiger partial charge in [-0.3, -0.25) is 19.3 Å². The second-order valence-corrected chi connectivity index (χ2v) is 6.98. The minimum Gasteiger partial charge on any atom is -0.352 e. The number of hydrogen-bond donors (Lipinski definition) is 1. The number of carbonyl (C=O) groups is 3. The van der Waals surface area contributed by atoms with Crippen LogP contribution in [0.3, 0.4) is 0 Å². The number of amides is 3. The third kappa shape index (κ3) is 3.67. The van der Waals surface area contributed by atoms with Gasteiger partial charge in [0.1, 0.15) is 5.82 Å². The average molecular weight is 419 g/mol. The molecule has 5 nitrogen and oxygen atoms in total. The van der Waals surface area contributed by atoms with E-state index in [0.29, 0.717) is 26.7 Å². The summed E-state index contributed by atoms with van der Waals surface area (Å²) in [6.07, 6.45) is -0.0129. The molecule has 0 aliphatic carbocycles. The summed E-state index contributed by atoms with van der Waals surface area (Å²) in [4.78, 5) is 37.7. The lowest BCUT2D eigenvalue weighted by Crippen LogP contribution is -2.34. The predicted octanol–water partition coefficient (Wildman–Crippen LogP) is 3.20. The van der Waals surface area contributed by atoms with Crippen LogP contribution in [0.1, 0.15) is 38.3 Å². The van der Waals surface area contributed by atoms with Gasteiger partial charge in [0.05, 0.1) is 11.1 Å². The van der Waals surface area contributed by atoms with E-state index < -0.39 is 11.8 Å². The SMILES string of the molecule is Cc1ccc(CNC(=O)CCN2C(=O)c3ccc(Br)cc3C2=O)cc1F. The molecule has 0 radical (unpaired) electrons. The summed E-state index contributed by atoms with van der Waals surface area (Å²) in [5.41, 5.74) is 1.86. The number of rotatable bonds is 5. The van der Waals surface area contributed by atoms with Crippen LogP contribution in [-0.2, 0) is 11.3 Å². The Labute approximate surface area is 158 Å². The molecule has 3 rings (SSSR count). The largest absolute Gasteiger partial charge is 0.352 e. The maximum Gasteiger partial charge on any atom is 0.261 e. The number of halogens is 2. The molecule has 0 atom stereocenters. The molecule has 0 spiro atoms. The topological polar surface area (TPSA) is 66.5 Å². The van der Waals surface area contributed by atoms with Crippen LogP contribution in [0.5, 0.6) is 0 Å². The average Bonchev–Trinajstić information content (AvgIpc) is 2.84. The zero-order valence-corrected chi connectivity index (χ0v) is 15.6. The van der Waals surface area contributed by atoms with Gasteiger partial charge in [-0.25, -0.2) is 4.39 Å². The van der Waals surface area contributed by atoms with E-state index in [1.807, 2.05) is 0 Å². The standard InChI is InChI=1S/C19H16BrFN2O3/c1-11-2-3-12(8-16(11)21)10-22-17(24)6-7-23-18(25)14-5-4-13(20)9-15(14)19(23)26/h2-5,8-9H,6-7,10H2,1H3,(H,22,24). The molecular formula is C19H16BrFN2O3. The fraction of sp³-hybridized carbons (Fsp3) is 0.211. The van der Waals surface area contributed by atoms with E-state index in [4.69, 9.17) is 0 Å². The van der Waals surface area contributed by atoms with E-state index in [-0.39, 0.29) is 31.2 Å². The van der Waals surface area contributed by atoms with Crippen LogP contribution in [0, 0.1) is 12.7 Å². The van der Waals surface area contributed by atoms with Crippen molar-refractivity contribution < 1.29 is 18.8 Å². The number of fused-ring (bicyclic) bond motifs is 1. The van der Waals surface area contributed by atoms with Gasteiger partial charge in [0.15, 0.2) is 0 Å². The predicted molar refractivity (Wildman–Crippen MR) is 97.1 cm³/mol. The Bertz CT molecular complexity index is 914. The molecule has 3 amide bonds. The number of benzene rings is 2. The first kappa shape index (κ1) is 18.3. The summed E-state index contributed by atoms with van der Waals surface area (Å²) < 4.78 is 14.2. The van der Waals surface area contributed by atoms with Gasteiger partial charge in [-0.05, 0) is 42.3 Å². The summed E-state index contributed by atoms with van der Waals surface area (Å²) in [6.45, 7) is 1.85. The van der Waals surface area contributed by atoms with E-state index in [9.17, 15) is 18.8 Å². The highest BCUT2D eigenvalue weighted by Gasteiger charge is 2.35. The minimum atomic E-state index is -0.403. The number of nitrogens with one attached hydrogen (secondary N) is 1. The molecule has 1 aliphatic rings. The van der Waals surface area contributed by atoms with Crippen molar-refractivity contribution in [2.24, 2.45) is 0 Å². The maximum absolute atomic E-state index is 13.5. The Balaban J connectivity index is 1.56. The van der Waals surface area contributed by atoms with Crippen LogP contribution in [-0.4, -0.2) is 29.2 Å². The fourth-order valence-corrected chi connectivity index (χ4v) is 3.08. The highest BCUT2D eigenvalue weighted by Crippen LogP contribution is 2.26. The molecule has 0 bridgehead atoms. The van der Waals surface area contributed by atoms with Crippen LogP contribution in [0.4, 0.5) is 4.39 Å². The summed E-state index contributed by atoms with van der Waals surface area (Å²) in [5, 5.41) is 2.67. The molecule has 2 aromatic rings. The fourth-order valence-electron chi connectivity index (χ4n) is 2.71. The van der Waals surface area contributed by atoms with Crippen molar-refractivity contribution in [2.75, 3.05) is 6.54 Å². The zero-order chi connectivity index (χ0) is 18.8. The Hall–Kier alpha value is -2.54. The smallest absolute Gasteiger partial charge is 0.261 e. The Morgan fingerprint density at radius 2 is 1.85 bits per heavy atom. The van der Waals surface area contributed by atoms with Gasteiger partial charge in [0.2, 0.25) is 5.91 Å². The van der Waals surface area contributed by atoms with Gasteiger partial charge in [-0.1, -0.05) is 28.1 Å². The minimum absolute atomic E-state index is 0.00193. The first-order chi connectivity index (χ1) is 12.4. The van der Waals surface area contributed by atoms with Crippen LogP contribution >= 0.6 is 15.9 Å². The molecule has 26 heavy (non-hydrogen) atoms. The third-order valence-corrected chi connectivity index (χ3v) is 4.71. The molecule has 0 saturated carbocycles. The van der Waals surface area contributed by atoms with E-state index in [0.717, 1.165) is 4.90 Å². The van der Waals surface area contributed by atoms with Crippen molar-refractivity contribution in [3.05, 3.63) is 68.9 Å². The molecule has 0 aromatic heterocycles. The van der Waals surface area contributed by atoms with Gasteiger partial charge in [-0.2, -0.15) is 0 Å². The lowest BCUT2D eigenvalue weighted by atomic mass is 10.1. The second kappa shape index (κ2) is 7.37. The highest BCUT2D eigenvalue weighted by molar-refractivity contribution is 9.10. The van der Waals surface area contributed by atoms with Crippen molar-refractivity contribution in [3.63, 3.8) is 0 Å². The van der Waals surface area contributed by atoms with Crippen LogP contribution in [0.25, 0.3) is 0 Å². The van der Waals surface area contributed by atoms with Crippen LogP contribution in [0.2, 0.25) is 0 Å². The lowest BCUT2D eigenvalue weighted by Gasteiger charge is -2.13. The molecule has 1 N–H and O–H groups in total. The molecule has 1 heterocycles. The Morgan fingerprint density at radius 1 is 1.12 bits per heavy atom.